The van der Waals surface area contributed by atoms with Gasteiger partial charge in [0.1, 0.15) is 0 Å². The summed E-state index contributed by atoms with van der Waals surface area (Å²) in [7, 11) is 0. The molecule has 0 amide bonds. The van der Waals surface area contributed by atoms with Crippen LogP contribution < -0.4 is 0 Å². The first kappa shape index (κ1) is 11.4. The zero-order chi connectivity index (χ0) is 10.7. The quantitative estimate of drug-likeness (QED) is 0.711. The molecular weight excluding hydrogens is 186 g/mol. The Labute approximate surface area is 94.0 Å². The van der Waals surface area contributed by atoms with Crippen LogP contribution in [0.25, 0.3) is 0 Å². The van der Waals surface area contributed by atoms with Crippen molar-refractivity contribution >= 4 is 0 Å². The smallest absolute Gasteiger partial charge is 0.0519 e. The van der Waals surface area contributed by atoms with Crippen LogP contribution in [0, 0.1) is 5.92 Å². The van der Waals surface area contributed by atoms with Crippen LogP contribution >= 0.6 is 0 Å². The Hall–Kier alpha value is -0.0800. The largest absolute Gasteiger partial charge is 0.378 e. The highest BCUT2D eigenvalue weighted by Crippen LogP contribution is 2.31. The molecule has 0 aromatic heterocycles. The van der Waals surface area contributed by atoms with Gasteiger partial charge in [0.15, 0.2) is 0 Å². The normalized spacial score (nSPS) is 33.0. The molecule has 2 unspecified atom stereocenters. The molecule has 2 fully saturated rings. The number of nitrogens with zero attached hydrogens (tertiary/aromatic N) is 1. The Kier molecular flexibility index (Phi) is 4.04. The third-order valence-corrected chi connectivity index (χ3v) is 3.87. The minimum atomic E-state index is 0.393. The second-order valence-electron chi connectivity index (χ2n) is 5.38. The molecule has 2 rings (SSSR count). The van der Waals surface area contributed by atoms with E-state index in [1.165, 1.54) is 45.2 Å². The first-order chi connectivity index (χ1) is 7.27. The van der Waals surface area contributed by atoms with E-state index in [4.69, 9.17) is 4.74 Å². The lowest BCUT2D eigenvalue weighted by Gasteiger charge is -2.44. The lowest BCUT2D eigenvalue weighted by molar-refractivity contribution is -0.0150. The Bertz CT molecular complexity index is 191. The maximum atomic E-state index is 5.80. The molecule has 15 heavy (non-hydrogen) atoms. The molecule has 0 spiro atoms. The van der Waals surface area contributed by atoms with Crippen molar-refractivity contribution in [2.45, 2.75) is 58.1 Å². The molecule has 0 aliphatic carbocycles. The third kappa shape index (κ3) is 2.94. The summed E-state index contributed by atoms with van der Waals surface area (Å²) in [5, 5.41) is 0. The first-order valence-corrected chi connectivity index (χ1v) is 6.63. The van der Waals surface area contributed by atoms with Gasteiger partial charge in [-0.15, -0.1) is 0 Å². The van der Waals surface area contributed by atoms with E-state index in [-0.39, 0.29) is 0 Å². The predicted molar refractivity (Wildman–Crippen MR) is 63.0 cm³/mol. The number of piperidine rings is 2. The zero-order valence-corrected chi connectivity index (χ0v) is 10.2. The fourth-order valence-electron chi connectivity index (χ4n) is 3.09. The second-order valence-corrected chi connectivity index (χ2v) is 5.38. The van der Waals surface area contributed by atoms with Crippen LogP contribution in [0.15, 0.2) is 0 Å². The number of hydrogen-bond donors (Lipinski definition) is 0. The molecule has 2 saturated heterocycles. The number of ether oxygens (including phenoxy) is 1. The minimum absolute atomic E-state index is 0.393. The number of rotatable bonds is 3. The molecular formula is C13H25NO. The van der Waals surface area contributed by atoms with Crippen molar-refractivity contribution in [3.63, 3.8) is 0 Å². The highest BCUT2D eigenvalue weighted by Gasteiger charge is 2.32. The van der Waals surface area contributed by atoms with E-state index in [0.29, 0.717) is 6.10 Å². The molecule has 0 saturated carbocycles. The highest BCUT2D eigenvalue weighted by atomic mass is 16.5. The van der Waals surface area contributed by atoms with E-state index in [9.17, 15) is 0 Å². The van der Waals surface area contributed by atoms with Crippen LogP contribution in [0.1, 0.15) is 46.0 Å². The molecule has 2 atom stereocenters. The van der Waals surface area contributed by atoms with Gasteiger partial charge in [0, 0.05) is 6.04 Å². The zero-order valence-electron chi connectivity index (χ0n) is 10.2. The lowest BCUT2D eigenvalue weighted by Crippen LogP contribution is -2.49. The van der Waals surface area contributed by atoms with E-state index >= 15 is 0 Å². The average Bonchev–Trinajstić information content (AvgIpc) is 2.26. The predicted octanol–water partition coefficient (Wildman–Crippen LogP) is 2.68. The Balaban J connectivity index is 1.86. The van der Waals surface area contributed by atoms with E-state index in [1.807, 2.05) is 0 Å². The summed E-state index contributed by atoms with van der Waals surface area (Å²) in [5.41, 5.74) is 0. The summed E-state index contributed by atoms with van der Waals surface area (Å²) in [6.45, 7) is 7.94. The summed E-state index contributed by atoms with van der Waals surface area (Å²) in [5.74, 6) is 0.807. The molecule has 0 N–H and O–H groups in total. The highest BCUT2D eigenvalue weighted by molar-refractivity contribution is 4.86. The SMILES string of the molecule is CC(C)OCC1CCCN2CCCCC12. The van der Waals surface area contributed by atoms with Gasteiger partial charge in [-0.05, 0) is 58.5 Å². The van der Waals surface area contributed by atoms with E-state index < -0.39 is 0 Å². The summed E-state index contributed by atoms with van der Waals surface area (Å²) in [6, 6.07) is 0.839. The summed E-state index contributed by atoms with van der Waals surface area (Å²) in [4.78, 5) is 2.71. The molecule has 0 radical (unpaired) electrons. The topological polar surface area (TPSA) is 12.5 Å². The Morgan fingerprint density at radius 3 is 2.73 bits per heavy atom. The molecule has 2 heterocycles. The van der Waals surface area contributed by atoms with Crippen molar-refractivity contribution < 1.29 is 4.74 Å². The molecule has 2 nitrogen and oxygen atoms in total. The van der Waals surface area contributed by atoms with Crippen molar-refractivity contribution in [1.29, 1.82) is 0 Å². The van der Waals surface area contributed by atoms with Crippen LogP contribution in [0.4, 0.5) is 0 Å². The van der Waals surface area contributed by atoms with Gasteiger partial charge in [0.2, 0.25) is 0 Å². The molecule has 2 heteroatoms. The van der Waals surface area contributed by atoms with Gasteiger partial charge in [0.05, 0.1) is 12.7 Å². The van der Waals surface area contributed by atoms with Crippen LogP contribution in [-0.4, -0.2) is 36.7 Å². The molecule has 2 aliphatic heterocycles. The molecule has 0 aromatic rings. The first-order valence-electron chi connectivity index (χ1n) is 6.63. The number of fused-ring (bicyclic) bond motifs is 1. The van der Waals surface area contributed by atoms with Crippen molar-refractivity contribution in [1.82, 2.24) is 4.90 Å². The maximum Gasteiger partial charge on any atom is 0.0519 e. The van der Waals surface area contributed by atoms with Gasteiger partial charge in [0.25, 0.3) is 0 Å². The fraction of sp³-hybridized carbons (Fsp3) is 1.00. The van der Waals surface area contributed by atoms with Crippen molar-refractivity contribution in [2.75, 3.05) is 19.7 Å². The standard InChI is InChI=1S/C13H25NO/c1-11(2)15-10-12-6-5-9-14-8-4-3-7-13(12)14/h11-13H,3-10H2,1-2H3. The van der Waals surface area contributed by atoms with Crippen LogP contribution in [0.5, 0.6) is 0 Å². The van der Waals surface area contributed by atoms with Crippen molar-refractivity contribution in [3.8, 4) is 0 Å². The van der Waals surface area contributed by atoms with Crippen LogP contribution in [0.3, 0.4) is 0 Å². The molecule has 0 aromatic carbocycles. The monoisotopic (exact) mass is 211 g/mol. The van der Waals surface area contributed by atoms with E-state index in [1.54, 1.807) is 0 Å². The maximum absolute atomic E-state index is 5.80. The van der Waals surface area contributed by atoms with Gasteiger partial charge < -0.3 is 9.64 Å². The van der Waals surface area contributed by atoms with Gasteiger partial charge in [-0.25, -0.2) is 0 Å². The Morgan fingerprint density at radius 1 is 1.13 bits per heavy atom. The summed E-state index contributed by atoms with van der Waals surface area (Å²) in [6.07, 6.45) is 7.40. The fourth-order valence-corrected chi connectivity index (χ4v) is 3.09. The van der Waals surface area contributed by atoms with Crippen molar-refractivity contribution in [2.24, 2.45) is 5.92 Å². The molecule has 88 valence electrons. The minimum Gasteiger partial charge on any atom is -0.378 e. The van der Waals surface area contributed by atoms with E-state index in [2.05, 4.69) is 18.7 Å². The molecule has 0 bridgehead atoms. The van der Waals surface area contributed by atoms with Gasteiger partial charge in [-0.3, -0.25) is 0 Å². The van der Waals surface area contributed by atoms with Crippen LogP contribution in [0.2, 0.25) is 0 Å². The molecule has 2 aliphatic rings. The van der Waals surface area contributed by atoms with Gasteiger partial charge >= 0.3 is 0 Å². The average molecular weight is 211 g/mol. The van der Waals surface area contributed by atoms with Gasteiger partial charge in [-0.1, -0.05) is 6.42 Å². The van der Waals surface area contributed by atoms with Crippen LogP contribution in [-0.2, 0) is 4.74 Å². The summed E-state index contributed by atoms with van der Waals surface area (Å²) >= 11 is 0. The second kappa shape index (κ2) is 5.31. The van der Waals surface area contributed by atoms with Crippen molar-refractivity contribution in [3.05, 3.63) is 0 Å². The van der Waals surface area contributed by atoms with E-state index in [0.717, 1.165) is 18.6 Å². The lowest BCUT2D eigenvalue weighted by atomic mass is 9.84. The number of hydrogen-bond acceptors (Lipinski definition) is 2. The Morgan fingerprint density at radius 2 is 1.93 bits per heavy atom. The summed E-state index contributed by atoms with van der Waals surface area (Å²) < 4.78 is 5.80. The van der Waals surface area contributed by atoms with Gasteiger partial charge in [-0.2, -0.15) is 0 Å². The third-order valence-electron chi connectivity index (χ3n) is 3.87.